The normalized spacial score (nSPS) is 17.6. The quantitative estimate of drug-likeness (QED) is 0.617. The highest BCUT2D eigenvalue weighted by atomic mass is 16.3. The van der Waals surface area contributed by atoms with Crippen molar-refractivity contribution in [2.75, 3.05) is 6.61 Å². The molecule has 0 unspecified atom stereocenters. The topological polar surface area (TPSA) is 20.2 Å². The van der Waals surface area contributed by atoms with E-state index in [4.69, 9.17) is 5.11 Å². The van der Waals surface area contributed by atoms with Crippen LogP contribution in [0.3, 0.4) is 0 Å². The second-order valence-corrected chi connectivity index (χ2v) is 2.97. The summed E-state index contributed by atoms with van der Waals surface area (Å²) in [5.41, 5.74) is 2.51. The van der Waals surface area contributed by atoms with Gasteiger partial charge in [0.05, 0.1) is 6.61 Å². The summed E-state index contributed by atoms with van der Waals surface area (Å²) in [4.78, 5) is 0. The van der Waals surface area contributed by atoms with Crippen molar-refractivity contribution in [2.24, 2.45) is 5.92 Å². The predicted octanol–water partition coefficient (Wildman–Crippen LogP) is 1.89. The van der Waals surface area contributed by atoms with Gasteiger partial charge >= 0.3 is 0 Å². The van der Waals surface area contributed by atoms with Crippen molar-refractivity contribution in [1.29, 1.82) is 0 Å². The Hall–Kier alpha value is -0.560. The Morgan fingerprint density at radius 1 is 1.60 bits per heavy atom. The first-order valence-corrected chi connectivity index (χ1v) is 3.75. The fraction of sp³-hybridized carbons (Fsp3) is 0.556. The first-order valence-electron chi connectivity index (χ1n) is 3.75. The minimum Gasteiger partial charge on any atom is -0.392 e. The van der Waals surface area contributed by atoms with E-state index in [-0.39, 0.29) is 6.61 Å². The molecule has 0 saturated carbocycles. The van der Waals surface area contributed by atoms with Gasteiger partial charge in [-0.05, 0) is 17.9 Å². The molecule has 0 atom stereocenters. The zero-order valence-electron chi connectivity index (χ0n) is 6.59. The molecule has 1 heteroatoms. The third kappa shape index (κ3) is 1.29. The summed E-state index contributed by atoms with van der Waals surface area (Å²) < 4.78 is 0. The standard InChI is InChI=1S/C9H14O/c1-7(2)9-5-3-4-8(9)6-10/h3-4,7,10H,5-6H2,1-2H3. The van der Waals surface area contributed by atoms with Crippen LogP contribution in [0.15, 0.2) is 23.3 Å². The molecule has 0 fully saturated rings. The Labute approximate surface area is 62.1 Å². The van der Waals surface area contributed by atoms with E-state index >= 15 is 0 Å². The molecule has 1 nitrogen and oxygen atoms in total. The van der Waals surface area contributed by atoms with E-state index in [2.05, 4.69) is 19.9 Å². The van der Waals surface area contributed by atoms with Crippen LogP contribution >= 0.6 is 0 Å². The van der Waals surface area contributed by atoms with Gasteiger partial charge in [-0.3, -0.25) is 0 Å². The van der Waals surface area contributed by atoms with Crippen LogP contribution in [0.4, 0.5) is 0 Å². The Morgan fingerprint density at radius 2 is 2.30 bits per heavy atom. The van der Waals surface area contributed by atoms with Crippen molar-refractivity contribution in [3.05, 3.63) is 23.3 Å². The van der Waals surface area contributed by atoms with Gasteiger partial charge in [-0.1, -0.05) is 31.6 Å². The lowest BCUT2D eigenvalue weighted by molar-refractivity contribution is 0.333. The smallest absolute Gasteiger partial charge is 0.0681 e. The Morgan fingerprint density at radius 3 is 2.70 bits per heavy atom. The van der Waals surface area contributed by atoms with Crippen molar-refractivity contribution in [3.8, 4) is 0 Å². The summed E-state index contributed by atoms with van der Waals surface area (Å²) in [5, 5.41) is 8.88. The lowest BCUT2D eigenvalue weighted by Gasteiger charge is -2.07. The number of allylic oxidation sites excluding steroid dienone is 2. The third-order valence-electron chi connectivity index (χ3n) is 1.94. The molecule has 0 heterocycles. The van der Waals surface area contributed by atoms with Crippen LogP contribution in [0.5, 0.6) is 0 Å². The van der Waals surface area contributed by atoms with Crippen LogP contribution < -0.4 is 0 Å². The molecule has 56 valence electrons. The second-order valence-electron chi connectivity index (χ2n) is 2.97. The van der Waals surface area contributed by atoms with Gasteiger partial charge in [0.1, 0.15) is 0 Å². The van der Waals surface area contributed by atoms with Crippen LogP contribution in [0.25, 0.3) is 0 Å². The van der Waals surface area contributed by atoms with Crippen LogP contribution in [-0.4, -0.2) is 11.7 Å². The van der Waals surface area contributed by atoms with E-state index in [1.165, 1.54) is 5.57 Å². The molecule has 1 N–H and O–H groups in total. The highest BCUT2D eigenvalue weighted by Gasteiger charge is 2.10. The molecule has 1 aliphatic carbocycles. The highest BCUT2D eigenvalue weighted by Crippen LogP contribution is 2.24. The van der Waals surface area contributed by atoms with Gasteiger partial charge in [-0.25, -0.2) is 0 Å². The monoisotopic (exact) mass is 138 g/mol. The van der Waals surface area contributed by atoms with Crippen molar-refractivity contribution >= 4 is 0 Å². The lowest BCUT2D eigenvalue weighted by atomic mass is 9.99. The largest absolute Gasteiger partial charge is 0.392 e. The molecule has 1 rings (SSSR count). The van der Waals surface area contributed by atoms with Gasteiger partial charge in [-0.2, -0.15) is 0 Å². The van der Waals surface area contributed by atoms with Crippen LogP contribution in [0, 0.1) is 5.92 Å². The maximum absolute atomic E-state index is 8.88. The Bertz CT molecular complexity index is 175. The molecular weight excluding hydrogens is 124 g/mol. The zero-order valence-corrected chi connectivity index (χ0v) is 6.59. The summed E-state index contributed by atoms with van der Waals surface area (Å²) >= 11 is 0. The first-order chi connectivity index (χ1) is 4.75. The van der Waals surface area contributed by atoms with E-state index in [9.17, 15) is 0 Å². The average Bonchev–Trinajstić information content (AvgIpc) is 2.33. The molecule has 0 radical (unpaired) electrons. The van der Waals surface area contributed by atoms with Gasteiger partial charge in [0.2, 0.25) is 0 Å². The maximum Gasteiger partial charge on any atom is 0.0681 e. The van der Waals surface area contributed by atoms with Gasteiger partial charge < -0.3 is 5.11 Å². The molecule has 0 aromatic heterocycles. The lowest BCUT2D eigenvalue weighted by Crippen LogP contribution is -1.96. The van der Waals surface area contributed by atoms with E-state index in [1.54, 1.807) is 0 Å². The van der Waals surface area contributed by atoms with Gasteiger partial charge in [0, 0.05) is 0 Å². The highest BCUT2D eigenvalue weighted by molar-refractivity contribution is 5.34. The number of hydrogen-bond donors (Lipinski definition) is 1. The molecule has 0 aromatic rings. The summed E-state index contributed by atoms with van der Waals surface area (Å²) in [5.74, 6) is 0.581. The van der Waals surface area contributed by atoms with Crippen LogP contribution in [0.1, 0.15) is 20.3 Å². The molecule has 0 aliphatic heterocycles. The summed E-state index contributed by atoms with van der Waals surface area (Å²) in [6.07, 6.45) is 5.17. The van der Waals surface area contributed by atoms with E-state index < -0.39 is 0 Å². The molecule has 0 spiro atoms. The van der Waals surface area contributed by atoms with Gasteiger partial charge in [0.25, 0.3) is 0 Å². The number of aliphatic hydroxyl groups excluding tert-OH is 1. The zero-order chi connectivity index (χ0) is 7.56. The molecule has 10 heavy (non-hydrogen) atoms. The Kier molecular flexibility index (Phi) is 2.28. The molecule has 0 saturated heterocycles. The summed E-state index contributed by atoms with van der Waals surface area (Å²) in [6, 6.07) is 0. The van der Waals surface area contributed by atoms with Crippen molar-refractivity contribution in [1.82, 2.24) is 0 Å². The van der Waals surface area contributed by atoms with Crippen molar-refractivity contribution in [3.63, 3.8) is 0 Å². The first kappa shape index (κ1) is 7.55. The van der Waals surface area contributed by atoms with Crippen LogP contribution in [0.2, 0.25) is 0 Å². The number of hydrogen-bond acceptors (Lipinski definition) is 1. The molecule has 0 aromatic carbocycles. The minimum absolute atomic E-state index is 0.198. The SMILES string of the molecule is CC(C)C1=C(CO)C=CC1. The van der Waals surface area contributed by atoms with Gasteiger partial charge in [0.15, 0.2) is 0 Å². The number of rotatable bonds is 2. The van der Waals surface area contributed by atoms with E-state index in [1.807, 2.05) is 6.08 Å². The fourth-order valence-electron chi connectivity index (χ4n) is 1.33. The van der Waals surface area contributed by atoms with E-state index in [0.717, 1.165) is 12.0 Å². The van der Waals surface area contributed by atoms with Crippen molar-refractivity contribution < 1.29 is 5.11 Å². The summed E-state index contributed by atoms with van der Waals surface area (Å²) in [6.45, 7) is 4.53. The van der Waals surface area contributed by atoms with Gasteiger partial charge in [-0.15, -0.1) is 0 Å². The molecule has 0 amide bonds. The maximum atomic E-state index is 8.88. The fourth-order valence-corrected chi connectivity index (χ4v) is 1.33. The summed E-state index contributed by atoms with van der Waals surface area (Å²) in [7, 11) is 0. The Balaban J connectivity index is 2.75. The van der Waals surface area contributed by atoms with Crippen molar-refractivity contribution in [2.45, 2.75) is 20.3 Å². The molecular formula is C9H14O. The third-order valence-corrected chi connectivity index (χ3v) is 1.94. The average molecular weight is 138 g/mol. The minimum atomic E-state index is 0.198. The van der Waals surface area contributed by atoms with Crippen LogP contribution in [-0.2, 0) is 0 Å². The second kappa shape index (κ2) is 3.02. The predicted molar refractivity (Wildman–Crippen MR) is 42.7 cm³/mol. The number of aliphatic hydroxyl groups is 1. The molecule has 1 aliphatic rings. The van der Waals surface area contributed by atoms with E-state index in [0.29, 0.717) is 5.92 Å². The molecule has 0 bridgehead atoms.